The fraction of sp³-hybridized carbons (Fsp3) is 0.286. The van der Waals surface area contributed by atoms with Crippen LogP contribution in [0.3, 0.4) is 0 Å². The highest BCUT2D eigenvalue weighted by Crippen LogP contribution is 2.15. The largest absolute Gasteiger partial charge is 0.383 e. The van der Waals surface area contributed by atoms with Crippen molar-refractivity contribution in [3.63, 3.8) is 0 Å². The summed E-state index contributed by atoms with van der Waals surface area (Å²) in [4.78, 5) is 29.1. The van der Waals surface area contributed by atoms with E-state index >= 15 is 0 Å². The molecule has 1 aromatic heterocycles. The molecule has 1 N–H and O–H groups in total. The van der Waals surface area contributed by atoms with E-state index in [0.717, 1.165) is 12.8 Å². The number of amides is 1. The number of fused-ring (bicyclic) bond motifs is 1. The standard InChI is InChI=1S/C21H23N3O3/c1-27-13-12-24-15-22-19-11-10-17(14-18(19)21(24)26)23-20(25)9-5-8-16-6-3-2-4-7-16/h2-4,6-7,10-11,14-15H,5,8-9,12-13H2,1H3,(H,23,25). The minimum atomic E-state index is -0.141. The number of methoxy groups -OCH3 is 1. The summed E-state index contributed by atoms with van der Waals surface area (Å²) in [5.41, 5.74) is 2.29. The third-order valence-corrected chi connectivity index (χ3v) is 4.36. The lowest BCUT2D eigenvalue weighted by Gasteiger charge is -2.08. The molecule has 0 atom stereocenters. The summed E-state index contributed by atoms with van der Waals surface area (Å²) in [6.07, 6.45) is 3.58. The number of aromatic nitrogens is 2. The van der Waals surface area contributed by atoms with Gasteiger partial charge in [0.2, 0.25) is 5.91 Å². The summed E-state index contributed by atoms with van der Waals surface area (Å²) in [5.74, 6) is -0.0612. The van der Waals surface area contributed by atoms with E-state index in [0.29, 0.717) is 36.2 Å². The topological polar surface area (TPSA) is 73.2 Å². The summed E-state index contributed by atoms with van der Waals surface area (Å²) in [6, 6.07) is 15.3. The Bertz CT molecular complexity index is 967. The molecular weight excluding hydrogens is 342 g/mol. The van der Waals surface area contributed by atoms with Crippen LogP contribution in [0.2, 0.25) is 0 Å². The number of hydrogen-bond donors (Lipinski definition) is 1. The lowest BCUT2D eigenvalue weighted by atomic mass is 10.1. The Balaban J connectivity index is 1.64. The van der Waals surface area contributed by atoms with Gasteiger partial charge in [0, 0.05) is 19.2 Å². The van der Waals surface area contributed by atoms with Gasteiger partial charge in [0.25, 0.3) is 5.56 Å². The van der Waals surface area contributed by atoms with Crippen molar-refractivity contribution >= 4 is 22.5 Å². The van der Waals surface area contributed by atoms with Crippen molar-refractivity contribution < 1.29 is 9.53 Å². The van der Waals surface area contributed by atoms with Gasteiger partial charge >= 0.3 is 0 Å². The van der Waals surface area contributed by atoms with Crippen LogP contribution in [0, 0.1) is 0 Å². The van der Waals surface area contributed by atoms with Crippen LogP contribution in [0.5, 0.6) is 0 Å². The summed E-state index contributed by atoms with van der Waals surface area (Å²) >= 11 is 0. The number of nitrogens with one attached hydrogen (secondary N) is 1. The van der Waals surface area contributed by atoms with Crippen molar-refractivity contribution in [1.82, 2.24) is 9.55 Å². The maximum Gasteiger partial charge on any atom is 0.261 e. The van der Waals surface area contributed by atoms with Gasteiger partial charge in [0.1, 0.15) is 0 Å². The number of hydrogen-bond acceptors (Lipinski definition) is 4. The van der Waals surface area contributed by atoms with Gasteiger partial charge in [0.05, 0.1) is 30.4 Å². The van der Waals surface area contributed by atoms with Crippen LogP contribution >= 0.6 is 0 Å². The average Bonchev–Trinajstić information content (AvgIpc) is 2.69. The third-order valence-electron chi connectivity index (χ3n) is 4.36. The van der Waals surface area contributed by atoms with Crippen LogP contribution in [-0.4, -0.2) is 29.2 Å². The van der Waals surface area contributed by atoms with Gasteiger partial charge in [-0.25, -0.2) is 4.98 Å². The van der Waals surface area contributed by atoms with Crippen LogP contribution < -0.4 is 10.9 Å². The number of carbonyl (C=O) groups is 1. The van der Waals surface area contributed by atoms with Gasteiger partial charge in [-0.05, 0) is 36.6 Å². The molecule has 0 saturated carbocycles. The zero-order chi connectivity index (χ0) is 19.1. The monoisotopic (exact) mass is 365 g/mol. The zero-order valence-electron chi connectivity index (χ0n) is 15.4. The normalized spacial score (nSPS) is 10.9. The summed E-state index contributed by atoms with van der Waals surface area (Å²) in [6.45, 7) is 0.874. The highest BCUT2D eigenvalue weighted by atomic mass is 16.5. The first-order valence-electron chi connectivity index (χ1n) is 8.99. The first-order valence-corrected chi connectivity index (χ1v) is 8.99. The van der Waals surface area contributed by atoms with Crippen molar-refractivity contribution in [3.8, 4) is 0 Å². The smallest absolute Gasteiger partial charge is 0.261 e. The lowest BCUT2D eigenvalue weighted by molar-refractivity contribution is -0.116. The lowest BCUT2D eigenvalue weighted by Crippen LogP contribution is -2.22. The quantitative estimate of drug-likeness (QED) is 0.666. The van der Waals surface area contributed by atoms with E-state index in [1.54, 1.807) is 25.3 Å². The predicted molar refractivity (Wildman–Crippen MR) is 106 cm³/mol. The maximum absolute atomic E-state index is 12.6. The second-order valence-corrected chi connectivity index (χ2v) is 6.36. The number of ether oxygens (including phenoxy) is 1. The molecule has 1 amide bonds. The molecule has 0 fully saturated rings. The molecule has 0 aliphatic carbocycles. The average molecular weight is 365 g/mol. The van der Waals surface area contributed by atoms with Gasteiger partial charge in [-0.3, -0.25) is 14.2 Å². The minimum Gasteiger partial charge on any atom is -0.383 e. The molecule has 0 aliphatic rings. The molecule has 0 spiro atoms. The van der Waals surface area contributed by atoms with E-state index < -0.39 is 0 Å². The van der Waals surface area contributed by atoms with E-state index in [9.17, 15) is 9.59 Å². The molecular formula is C21H23N3O3. The molecule has 0 radical (unpaired) electrons. The van der Waals surface area contributed by atoms with E-state index in [2.05, 4.69) is 22.4 Å². The number of carbonyl (C=O) groups excluding carboxylic acids is 1. The summed E-state index contributed by atoms with van der Waals surface area (Å²) in [5, 5.41) is 3.35. The number of anilines is 1. The highest BCUT2D eigenvalue weighted by Gasteiger charge is 2.08. The molecule has 6 heteroatoms. The van der Waals surface area contributed by atoms with Crippen molar-refractivity contribution in [2.75, 3.05) is 19.0 Å². The van der Waals surface area contributed by atoms with Gasteiger partial charge in [-0.15, -0.1) is 0 Å². The van der Waals surface area contributed by atoms with E-state index in [-0.39, 0.29) is 11.5 Å². The second kappa shape index (κ2) is 9.09. The molecule has 3 rings (SSSR count). The van der Waals surface area contributed by atoms with Crippen LogP contribution in [0.15, 0.2) is 59.7 Å². The number of aryl methyl sites for hydroxylation is 1. The minimum absolute atomic E-state index is 0.0612. The van der Waals surface area contributed by atoms with E-state index in [1.807, 2.05) is 18.2 Å². The Morgan fingerprint density at radius 1 is 1.19 bits per heavy atom. The highest BCUT2D eigenvalue weighted by molar-refractivity contribution is 5.93. The van der Waals surface area contributed by atoms with Gasteiger partial charge in [-0.1, -0.05) is 30.3 Å². The van der Waals surface area contributed by atoms with Gasteiger partial charge < -0.3 is 10.1 Å². The fourth-order valence-corrected chi connectivity index (χ4v) is 2.91. The Kier molecular flexibility index (Phi) is 6.33. The molecule has 3 aromatic rings. The Morgan fingerprint density at radius 2 is 2.00 bits per heavy atom. The third kappa shape index (κ3) is 5.01. The fourth-order valence-electron chi connectivity index (χ4n) is 2.91. The first kappa shape index (κ1) is 18.8. The second-order valence-electron chi connectivity index (χ2n) is 6.36. The first-order chi connectivity index (χ1) is 13.2. The summed E-state index contributed by atoms with van der Waals surface area (Å²) < 4.78 is 6.53. The van der Waals surface area contributed by atoms with Crippen LogP contribution in [0.1, 0.15) is 18.4 Å². The van der Waals surface area contributed by atoms with Gasteiger partial charge in [-0.2, -0.15) is 0 Å². The Morgan fingerprint density at radius 3 is 2.78 bits per heavy atom. The SMILES string of the molecule is COCCn1cnc2ccc(NC(=O)CCCc3ccccc3)cc2c1=O. The molecule has 0 aliphatic heterocycles. The molecule has 6 nitrogen and oxygen atoms in total. The maximum atomic E-state index is 12.6. The molecule has 0 unspecified atom stereocenters. The number of benzene rings is 2. The molecule has 0 bridgehead atoms. The summed E-state index contributed by atoms with van der Waals surface area (Å²) in [7, 11) is 1.59. The predicted octanol–water partition coefficient (Wildman–Crippen LogP) is 3.00. The van der Waals surface area contributed by atoms with Crippen molar-refractivity contribution in [2.24, 2.45) is 0 Å². The number of nitrogens with zero attached hydrogens (tertiary/aromatic N) is 2. The molecule has 27 heavy (non-hydrogen) atoms. The van der Waals surface area contributed by atoms with E-state index in [4.69, 9.17) is 4.74 Å². The molecule has 1 heterocycles. The van der Waals surface area contributed by atoms with Crippen molar-refractivity contribution in [1.29, 1.82) is 0 Å². The van der Waals surface area contributed by atoms with Crippen LogP contribution in [0.25, 0.3) is 10.9 Å². The number of rotatable bonds is 8. The molecule has 0 saturated heterocycles. The molecule has 2 aromatic carbocycles. The molecule has 140 valence electrons. The Hall–Kier alpha value is -2.99. The van der Waals surface area contributed by atoms with Crippen LogP contribution in [0.4, 0.5) is 5.69 Å². The van der Waals surface area contributed by atoms with E-state index in [1.165, 1.54) is 16.5 Å². The van der Waals surface area contributed by atoms with Crippen molar-refractivity contribution in [2.45, 2.75) is 25.8 Å². The van der Waals surface area contributed by atoms with Crippen molar-refractivity contribution in [3.05, 3.63) is 70.8 Å². The zero-order valence-corrected chi connectivity index (χ0v) is 15.4. The Labute approximate surface area is 157 Å². The van der Waals surface area contributed by atoms with Gasteiger partial charge in [0.15, 0.2) is 0 Å². The van der Waals surface area contributed by atoms with Crippen LogP contribution in [-0.2, 0) is 22.5 Å².